The van der Waals surface area contributed by atoms with Gasteiger partial charge in [-0.2, -0.15) is 4.68 Å². The van der Waals surface area contributed by atoms with Crippen LogP contribution in [0.4, 0.5) is 4.39 Å². The van der Waals surface area contributed by atoms with Gasteiger partial charge in [-0.05, 0) is 65.9 Å². The van der Waals surface area contributed by atoms with Crippen LogP contribution in [0.3, 0.4) is 0 Å². The maximum atomic E-state index is 13.1. The normalized spacial score (nSPS) is 11.0. The molecule has 0 fully saturated rings. The van der Waals surface area contributed by atoms with Gasteiger partial charge < -0.3 is 9.63 Å². The molecule has 0 saturated carbocycles. The lowest BCUT2D eigenvalue weighted by Crippen LogP contribution is -1.99. The first-order valence-corrected chi connectivity index (χ1v) is 9.02. The molecular formula is C18H14FN5O2S. The first kappa shape index (κ1) is 17.2. The summed E-state index contributed by atoms with van der Waals surface area (Å²) in [7, 11) is 0. The van der Waals surface area contributed by atoms with E-state index in [1.807, 2.05) is 6.92 Å². The summed E-state index contributed by atoms with van der Waals surface area (Å²) >= 11 is 1.41. The summed E-state index contributed by atoms with van der Waals surface area (Å²) in [6.07, 6.45) is 0. The fourth-order valence-electron chi connectivity index (χ4n) is 2.53. The quantitative estimate of drug-likeness (QED) is 0.525. The van der Waals surface area contributed by atoms with Crippen LogP contribution in [0.1, 0.15) is 11.3 Å². The Kier molecular flexibility index (Phi) is 4.59. The van der Waals surface area contributed by atoms with Gasteiger partial charge in [0, 0.05) is 16.9 Å². The van der Waals surface area contributed by atoms with E-state index in [1.165, 1.54) is 23.9 Å². The van der Waals surface area contributed by atoms with E-state index in [0.29, 0.717) is 16.7 Å². The molecule has 1 N–H and O–H groups in total. The smallest absolute Gasteiger partial charge is 0.214 e. The molecule has 9 heteroatoms. The number of thioether (sulfide) groups is 1. The van der Waals surface area contributed by atoms with Crippen molar-refractivity contribution in [3.63, 3.8) is 0 Å². The molecule has 0 radical (unpaired) electrons. The minimum Gasteiger partial charge on any atom is -0.508 e. The number of halogens is 1. The maximum absolute atomic E-state index is 13.1. The molecule has 136 valence electrons. The van der Waals surface area contributed by atoms with Crippen LogP contribution in [0.2, 0.25) is 0 Å². The molecule has 0 amide bonds. The Balaban J connectivity index is 1.53. The molecule has 2 heterocycles. The zero-order valence-electron chi connectivity index (χ0n) is 14.2. The Bertz CT molecular complexity index is 1060. The summed E-state index contributed by atoms with van der Waals surface area (Å²) in [4.78, 5) is 0. The molecule has 0 atom stereocenters. The van der Waals surface area contributed by atoms with Crippen molar-refractivity contribution in [2.75, 3.05) is 0 Å². The topological polar surface area (TPSA) is 89.9 Å². The van der Waals surface area contributed by atoms with Gasteiger partial charge in [0.25, 0.3) is 0 Å². The number of nitrogens with zero attached hydrogens (tertiary/aromatic N) is 5. The predicted octanol–water partition coefficient (Wildman–Crippen LogP) is 3.76. The third kappa shape index (κ3) is 3.54. The third-order valence-electron chi connectivity index (χ3n) is 4.00. The maximum Gasteiger partial charge on any atom is 0.214 e. The van der Waals surface area contributed by atoms with Crippen LogP contribution in [-0.4, -0.2) is 30.5 Å². The van der Waals surface area contributed by atoms with Crippen molar-refractivity contribution in [1.82, 2.24) is 25.4 Å². The number of hydrogen-bond donors (Lipinski definition) is 1. The highest BCUT2D eigenvalue weighted by atomic mass is 32.2. The highest BCUT2D eigenvalue weighted by Gasteiger charge is 2.16. The van der Waals surface area contributed by atoms with Crippen LogP contribution in [0.15, 0.2) is 58.2 Å². The van der Waals surface area contributed by atoms with Crippen molar-refractivity contribution in [2.45, 2.75) is 17.8 Å². The van der Waals surface area contributed by atoms with Gasteiger partial charge in [-0.1, -0.05) is 16.9 Å². The van der Waals surface area contributed by atoms with E-state index >= 15 is 0 Å². The fraction of sp³-hybridized carbons (Fsp3) is 0.111. The summed E-state index contributed by atoms with van der Waals surface area (Å²) in [5.74, 6) is 0.999. The molecule has 2 aromatic carbocycles. The van der Waals surface area contributed by atoms with Gasteiger partial charge in [-0.3, -0.25) is 0 Å². The number of hydrogen-bond acceptors (Lipinski definition) is 7. The Morgan fingerprint density at radius 2 is 1.85 bits per heavy atom. The molecule has 0 spiro atoms. The second-order valence-electron chi connectivity index (χ2n) is 5.77. The van der Waals surface area contributed by atoms with E-state index < -0.39 is 0 Å². The van der Waals surface area contributed by atoms with Crippen molar-refractivity contribution < 1.29 is 14.0 Å². The van der Waals surface area contributed by atoms with Crippen LogP contribution >= 0.6 is 11.8 Å². The van der Waals surface area contributed by atoms with Crippen molar-refractivity contribution in [3.05, 3.63) is 65.6 Å². The second kappa shape index (κ2) is 7.20. The average Bonchev–Trinajstić information content (AvgIpc) is 3.28. The SMILES string of the molecule is Cc1c(CSc2nnnn2-c2ccc(O)cc2)noc1-c1ccc(F)cc1. The summed E-state index contributed by atoms with van der Waals surface area (Å²) in [6.45, 7) is 1.91. The third-order valence-corrected chi connectivity index (χ3v) is 4.93. The highest BCUT2D eigenvalue weighted by Crippen LogP contribution is 2.30. The van der Waals surface area contributed by atoms with E-state index in [2.05, 4.69) is 20.7 Å². The van der Waals surface area contributed by atoms with E-state index in [0.717, 1.165) is 22.5 Å². The van der Waals surface area contributed by atoms with Gasteiger partial charge in [0.1, 0.15) is 11.6 Å². The van der Waals surface area contributed by atoms with Gasteiger partial charge in [0.15, 0.2) is 5.76 Å². The summed E-state index contributed by atoms with van der Waals surface area (Å²) in [5.41, 5.74) is 3.16. The first-order valence-electron chi connectivity index (χ1n) is 8.03. The van der Waals surface area contributed by atoms with Crippen LogP contribution in [0.5, 0.6) is 5.75 Å². The Labute approximate surface area is 157 Å². The largest absolute Gasteiger partial charge is 0.508 e. The summed E-state index contributed by atoms with van der Waals surface area (Å²) in [5, 5.41) is 25.9. The van der Waals surface area contributed by atoms with Gasteiger partial charge in [0.05, 0.1) is 11.4 Å². The molecule has 0 unspecified atom stereocenters. The molecule has 0 aliphatic heterocycles. The fourth-order valence-corrected chi connectivity index (χ4v) is 3.42. The predicted molar refractivity (Wildman–Crippen MR) is 97.0 cm³/mol. The molecule has 0 bridgehead atoms. The van der Waals surface area contributed by atoms with Crippen LogP contribution in [0.25, 0.3) is 17.0 Å². The van der Waals surface area contributed by atoms with E-state index in [1.54, 1.807) is 41.1 Å². The van der Waals surface area contributed by atoms with Crippen molar-refractivity contribution in [1.29, 1.82) is 0 Å². The van der Waals surface area contributed by atoms with Gasteiger partial charge in [-0.15, -0.1) is 5.10 Å². The molecule has 0 aliphatic rings. The van der Waals surface area contributed by atoms with Crippen molar-refractivity contribution in [3.8, 4) is 22.8 Å². The summed E-state index contributed by atoms with van der Waals surface area (Å²) in [6, 6.07) is 12.7. The number of rotatable bonds is 5. The molecule has 0 aliphatic carbocycles. The number of phenols is 1. The summed E-state index contributed by atoms with van der Waals surface area (Å²) < 4.78 is 20.1. The number of phenolic OH excluding ortho intramolecular Hbond substituents is 1. The zero-order valence-corrected chi connectivity index (χ0v) is 15.0. The first-order chi connectivity index (χ1) is 13.1. The van der Waals surface area contributed by atoms with Crippen molar-refractivity contribution >= 4 is 11.8 Å². The standard InChI is InChI=1S/C18H14FN5O2S/c1-11-16(21-26-17(11)12-2-4-13(19)5-3-12)10-27-18-20-22-23-24(18)14-6-8-15(25)9-7-14/h2-9,25H,10H2,1H3. The van der Waals surface area contributed by atoms with E-state index in [9.17, 15) is 9.50 Å². The number of benzene rings is 2. The molecular weight excluding hydrogens is 369 g/mol. The van der Waals surface area contributed by atoms with Crippen LogP contribution < -0.4 is 0 Å². The minimum atomic E-state index is -0.298. The molecule has 2 aromatic heterocycles. The molecule has 4 aromatic rings. The average molecular weight is 383 g/mol. The van der Waals surface area contributed by atoms with E-state index in [4.69, 9.17) is 4.52 Å². The molecule has 0 saturated heterocycles. The Hall–Kier alpha value is -3.20. The van der Waals surface area contributed by atoms with E-state index in [-0.39, 0.29) is 11.6 Å². The van der Waals surface area contributed by atoms with Crippen LogP contribution in [0, 0.1) is 12.7 Å². The lowest BCUT2D eigenvalue weighted by atomic mass is 10.1. The number of aromatic nitrogens is 5. The Morgan fingerprint density at radius 3 is 2.59 bits per heavy atom. The molecule has 27 heavy (non-hydrogen) atoms. The van der Waals surface area contributed by atoms with Gasteiger partial charge in [0.2, 0.25) is 5.16 Å². The van der Waals surface area contributed by atoms with Crippen LogP contribution in [-0.2, 0) is 5.75 Å². The number of tetrazole rings is 1. The second-order valence-corrected chi connectivity index (χ2v) is 6.71. The molecule has 4 rings (SSSR count). The lowest BCUT2D eigenvalue weighted by molar-refractivity contribution is 0.426. The van der Waals surface area contributed by atoms with Crippen molar-refractivity contribution in [2.24, 2.45) is 0 Å². The minimum absolute atomic E-state index is 0.174. The van der Waals surface area contributed by atoms with Gasteiger partial charge in [-0.25, -0.2) is 4.39 Å². The highest BCUT2D eigenvalue weighted by molar-refractivity contribution is 7.98. The number of aromatic hydroxyl groups is 1. The molecule has 7 nitrogen and oxygen atoms in total. The lowest BCUT2D eigenvalue weighted by Gasteiger charge is -2.03. The zero-order chi connectivity index (χ0) is 18.8. The monoisotopic (exact) mass is 383 g/mol. The van der Waals surface area contributed by atoms with Gasteiger partial charge >= 0.3 is 0 Å². The Morgan fingerprint density at radius 1 is 1.11 bits per heavy atom.